The van der Waals surface area contributed by atoms with Crippen LogP contribution in [0.15, 0.2) is 23.8 Å². The number of ether oxygens (including phenoxy) is 4. The number of hydrogen-bond acceptors (Lipinski definition) is 9. The van der Waals surface area contributed by atoms with Gasteiger partial charge in [0.15, 0.2) is 6.29 Å². The van der Waals surface area contributed by atoms with Crippen molar-refractivity contribution in [3.8, 4) is 0 Å². The lowest BCUT2D eigenvalue weighted by molar-refractivity contribution is -0.320. The van der Waals surface area contributed by atoms with Gasteiger partial charge in [-0.15, -0.1) is 0 Å². The highest BCUT2D eigenvalue weighted by atomic mass is 16.7. The minimum absolute atomic E-state index is 0.0399. The number of carbonyl (C=O) groups excluding carboxylic acids is 1. The van der Waals surface area contributed by atoms with Gasteiger partial charge < -0.3 is 44.2 Å². The number of carbonyl (C=O) groups is 1. The summed E-state index contributed by atoms with van der Waals surface area (Å²) in [7, 11) is 3.51. The van der Waals surface area contributed by atoms with Crippen LogP contribution in [0, 0.1) is 45.3 Å². The van der Waals surface area contributed by atoms with E-state index in [1.807, 2.05) is 0 Å². The fourth-order valence-electron chi connectivity index (χ4n) is 11.1. The first-order valence-corrected chi connectivity index (χ1v) is 17.9. The molecule has 5 aliphatic rings. The number of hydrogen-bond donors (Lipinski definition) is 4. The van der Waals surface area contributed by atoms with Gasteiger partial charge in [0.25, 0.3) is 0 Å². The monoisotopic (exact) mass is 662 g/mol. The van der Waals surface area contributed by atoms with E-state index in [0.717, 1.165) is 44.1 Å². The standard InChI is InChI=1S/C38H62O9/c1-22(11-10-15-34(2,3)45-9)23-14-16-37(7)32-26(44-8)19-25-24(38(32,21-40)18-17-36(23,37)6)12-13-28(35(25,4)5)47-33-31(43)30(42)29(41)27(20-39)46-33/h10,15,19,21-24,26-33,39,41-43H,11-14,16-18,20H2,1-9H3. The number of aliphatic hydroxyl groups excluding tert-OH is 4. The van der Waals surface area contributed by atoms with Crippen LogP contribution < -0.4 is 0 Å². The van der Waals surface area contributed by atoms with Crippen LogP contribution in [0.3, 0.4) is 0 Å². The van der Waals surface area contributed by atoms with Crippen molar-refractivity contribution in [2.75, 3.05) is 20.8 Å². The highest BCUT2D eigenvalue weighted by Gasteiger charge is 2.71. The fourth-order valence-corrected chi connectivity index (χ4v) is 11.1. The molecule has 1 saturated heterocycles. The summed E-state index contributed by atoms with van der Waals surface area (Å²) in [5.41, 5.74) is -0.255. The third kappa shape index (κ3) is 5.82. The Morgan fingerprint density at radius 3 is 2.32 bits per heavy atom. The molecule has 1 heterocycles. The molecule has 9 nitrogen and oxygen atoms in total. The van der Waals surface area contributed by atoms with Crippen LogP contribution in [0.5, 0.6) is 0 Å². The summed E-state index contributed by atoms with van der Waals surface area (Å²) in [5, 5.41) is 41.1. The van der Waals surface area contributed by atoms with Gasteiger partial charge in [-0.2, -0.15) is 0 Å². The zero-order valence-corrected chi connectivity index (χ0v) is 30.1. The normalized spacial score (nSPS) is 47.1. The Bertz CT molecular complexity index is 1200. The molecule has 0 bridgehead atoms. The second-order valence-corrected chi connectivity index (χ2v) is 17.1. The molecule has 5 rings (SSSR count). The Kier molecular flexibility index (Phi) is 10.4. The molecule has 4 fully saturated rings. The van der Waals surface area contributed by atoms with Crippen LogP contribution in [0.2, 0.25) is 0 Å². The van der Waals surface area contributed by atoms with Gasteiger partial charge in [0, 0.05) is 31.0 Å². The van der Waals surface area contributed by atoms with E-state index in [-0.39, 0.29) is 40.5 Å². The van der Waals surface area contributed by atoms with E-state index < -0.39 is 48.1 Å². The summed E-state index contributed by atoms with van der Waals surface area (Å²) >= 11 is 0. The number of fused-ring (bicyclic) bond motifs is 5. The van der Waals surface area contributed by atoms with Gasteiger partial charge in [-0.3, -0.25) is 0 Å². The highest BCUT2D eigenvalue weighted by Crippen LogP contribution is 2.75. The van der Waals surface area contributed by atoms with E-state index in [2.05, 4.69) is 66.7 Å². The first-order chi connectivity index (χ1) is 22.0. The molecular weight excluding hydrogens is 600 g/mol. The van der Waals surface area contributed by atoms with E-state index in [9.17, 15) is 25.2 Å². The fraction of sp³-hybridized carbons (Fsp3) is 0.868. The maximum Gasteiger partial charge on any atom is 0.187 e. The largest absolute Gasteiger partial charge is 0.394 e. The molecule has 0 radical (unpaired) electrons. The molecule has 4 aliphatic carbocycles. The van der Waals surface area contributed by atoms with Crippen LogP contribution >= 0.6 is 0 Å². The van der Waals surface area contributed by atoms with Crippen molar-refractivity contribution in [1.82, 2.24) is 0 Å². The van der Waals surface area contributed by atoms with Crippen molar-refractivity contribution < 1.29 is 44.2 Å². The summed E-state index contributed by atoms with van der Waals surface area (Å²) in [6, 6.07) is 0. The predicted octanol–water partition coefficient (Wildman–Crippen LogP) is 4.59. The Hall–Kier alpha value is -1.17. The third-order valence-corrected chi connectivity index (χ3v) is 14.3. The van der Waals surface area contributed by atoms with Crippen LogP contribution in [0.4, 0.5) is 0 Å². The molecule has 0 aromatic carbocycles. The maximum absolute atomic E-state index is 13.7. The van der Waals surface area contributed by atoms with E-state index in [4.69, 9.17) is 18.9 Å². The molecule has 3 saturated carbocycles. The molecule has 0 aromatic rings. The number of aliphatic hydroxyl groups is 4. The lowest BCUT2D eigenvalue weighted by atomic mass is 9.38. The van der Waals surface area contributed by atoms with E-state index >= 15 is 0 Å². The van der Waals surface area contributed by atoms with Gasteiger partial charge in [0.05, 0.1) is 24.4 Å². The molecule has 0 aromatic heterocycles. The van der Waals surface area contributed by atoms with Gasteiger partial charge in [-0.25, -0.2) is 0 Å². The summed E-state index contributed by atoms with van der Waals surface area (Å²) in [4.78, 5) is 13.7. The molecule has 0 spiro atoms. The SMILES string of the molecule is COC1C=C2C(CCC(OC3OC(CO)C(O)C(O)C3O)C2(C)C)C2(C=O)CCC3(C)C(C(C)CC=CC(C)(C)OC)CCC3(C)C12. The quantitative estimate of drug-likeness (QED) is 0.196. The van der Waals surface area contributed by atoms with Gasteiger partial charge >= 0.3 is 0 Å². The Labute approximate surface area is 282 Å². The van der Waals surface area contributed by atoms with Crippen molar-refractivity contribution in [3.63, 3.8) is 0 Å². The molecule has 14 unspecified atom stereocenters. The first kappa shape index (κ1) is 37.1. The van der Waals surface area contributed by atoms with Gasteiger partial charge in [-0.05, 0) is 87.4 Å². The van der Waals surface area contributed by atoms with E-state index in [1.54, 1.807) is 14.2 Å². The smallest absolute Gasteiger partial charge is 0.187 e. The second-order valence-electron chi connectivity index (χ2n) is 17.1. The zero-order valence-electron chi connectivity index (χ0n) is 30.1. The topological polar surface area (TPSA) is 135 Å². The number of methoxy groups -OCH3 is 2. The minimum atomic E-state index is -1.50. The molecule has 0 amide bonds. The van der Waals surface area contributed by atoms with Crippen molar-refractivity contribution in [2.24, 2.45) is 45.3 Å². The maximum atomic E-state index is 13.7. The minimum Gasteiger partial charge on any atom is -0.394 e. The van der Waals surface area contributed by atoms with Crippen LogP contribution in [-0.2, 0) is 23.7 Å². The molecule has 268 valence electrons. The number of rotatable bonds is 10. The third-order valence-electron chi connectivity index (χ3n) is 14.3. The highest BCUT2D eigenvalue weighted by molar-refractivity contribution is 5.65. The summed E-state index contributed by atoms with van der Waals surface area (Å²) in [5.74, 6) is 1.12. The Morgan fingerprint density at radius 1 is 1.00 bits per heavy atom. The summed E-state index contributed by atoms with van der Waals surface area (Å²) < 4.78 is 24.1. The Balaban J connectivity index is 1.44. The number of allylic oxidation sites excluding steroid dienone is 1. The Morgan fingerprint density at radius 2 is 1.70 bits per heavy atom. The van der Waals surface area contributed by atoms with Crippen molar-refractivity contribution in [1.29, 1.82) is 0 Å². The van der Waals surface area contributed by atoms with Gasteiger partial charge in [0.2, 0.25) is 0 Å². The van der Waals surface area contributed by atoms with E-state index in [0.29, 0.717) is 18.3 Å². The average molecular weight is 663 g/mol. The summed E-state index contributed by atoms with van der Waals surface area (Å²) in [6.45, 7) is 15.2. The lowest BCUT2D eigenvalue weighted by Gasteiger charge is -2.66. The summed E-state index contributed by atoms with van der Waals surface area (Å²) in [6.07, 6.45) is 7.15. The molecule has 1 aliphatic heterocycles. The lowest BCUT2D eigenvalue weighted by Crippen LogP contribution is -2.65. The van der Waals surface area contributed by atoms with E-state index in [1.165, 1.54) is 6.29 Å². The molecule has 4 N–H and O–H groups in total. The molecule has 14 atom stereocenters. The number of aldehydes is 1. The molecular formula is C38H62O9. The predicted molar refractivity (Wildman–Crippen MR) is 178 cm³/mol. The zero-order chi connectivity index (χ0) is 34.7. The first-order valence-electron chi connectivity index (χ1n) is 17.9. The van der Waals surface area contributed by atoms with Crippen LogP contribution in [0.25, 0.3) is 0 Å². The molecule has 9 heteroatoms. The van der Waals surface area contributed by atoms with Gasteiger partial charge in [-0.1, -0.05) is 58.4 Å². The molecule has 47 heavy (non-hydrogen) atoms. The van der Waals surface area contributed by atoms with Crippen molar-refractivity contribution >= 4 is 6.29 Å². The van der Waals surface area contributed by atoms with Crippen LogP contribution in [-0.4, -0.2) is 96.1 Å². The van der Waals surface area contributed by atoms with Crippen LogP contribution in [0.1, 0.15) is 93.4 Å². The van der Waals surface area contributed by atoms with Crippen molar-refractivity contribution in [3.05, 3.63) is 23.8 Å². The van der Waals surface area contributed by atoms with Gasteiger partial charge in [0.1, 0.15) is 30.7 Å². The van der Waals surface area contributed by atoms with Crippen molar-refractivity contribution in [2.45, 2.75) is 142 Å². The second kappa shape index (κ2) is 13.2. The average Bonchev–Trinajstić information content (AvgIpc) is 3.32.